The molecule has 0 spiro atoms. The van der Waals surface area contributed by atoms with Crippen LogP contribution in [0.25, 0.3) is 0 Å². The van der Waals surface area contributed by atoms with Crippen molar-refractivity contribution in [2.24, 2.45) is 0 Å². The molecule has 1 fully saturated rings. The van der Waals surface area contributed by atoms with Crippen LogP contribution in [0.5, 0.6) is 0 Å². The fourth-order valence-corrected chi connectivity index (χ4v) is 3.42. The molecule has 1 heterocycles. The Hall–Kier alpha value is -1.44. The Kier molecular flexibility index (Phi) is 7.43. The van der Waals surface area contributed by atoms with E-state index in [-0.39, 0.29) is 23.6 Å². The Balaban J connectivity index is 2.10. The van der Waals surface area contributed by atoms with Gasteiger partial charge in [-0.1, -0.05) is 26.0 Å². The van der Waals surface area contributed by atoms with E-state index >= 15 is 0 Å². The summed E-state index contributed by atoms with van der Waals surface area (Å²) in [7, 11) is 2.74. The van der Waals surface area contributed by atoms with Crippen molar-refractivity contribution in [2.75, 3.05) is 13.7 Å². The summed E-state index contributed by atoms with van der Waals surface area (Å²) in [6.45, 7) is 11.3. The van der Waals surface area contributed by atoms with Crippen LogP contribution in [0.1, 0.15) is 72.8 Å². The average molecular weight is 421 g/mol. The Morgan fingerprint density at radius 2 is 1.97 bits per heavy atom. The standard InChI is InChI=1S/C23H35BFO5/c1-8-23(14-19(26)28-7)12-11-22(6,15-29-23)16-9-10-17(18(25)13-16)24-30-21(4,5)20(2,3)27/h9-10,13,27H,8,11-12,14-15H2,1-7H3. The second-order valence-electron chi connectivity index (χ2n) is 9.68. The molecule has 167 valence electrons. The number of rotatable bonds is 8. The first kappa shape index (κ1) is 24.8. The molecule has 1 aromatic carbocycles. The number of halogens is 1. The van der Waals surface area contributed by atoms with E-state index in [0.717, 1.165) is 18.4 Å². The normalized spacial score (nSPS) is 25.1. The molecule has 1 saturated heterocycles. The lowest BCUT2D eigenvalue weighted by Crippen LogP contribution is -2.49. The molecule has 2 rings (SSSR count). The summed E-state index contributed by atoms with van der Waals surface area (Å²) in [4.78, 5) is 11.8. The van der Waals surface area contributed by atoms with E-state index in [4.69, 9.17) is 14.1 Å². The summed E-state index contributed by atoms with van der Waals surface area (Å²) < 4.78 is 31.5. The van der Waals surface area contributed by atoms with Gasteiger partial charge in [0, 0.05) is 5.41 Å². The van der Waals surface area contributed by atoms with Crippen molar-refractivity contribution in [3.63, 3.8) is 0 Å². The van der Waals surface area contributed by atoms with Crippen molar-refractivity contribution in [3.05, 3.63) is 29.6 Å². The largest absolute Gasteiger partial charge is 0.469 e. The third-order valence-electron chi connectivity index (χ3n) is 6.82. The molecule has 0 saturated carbocycles. The number of esters is 1. The first-order valence-corrected chi connectivity index (χ1v) is 10.5. The molecule has 1 aliphatic rings. The highest BCUT2D eigenvalue weighted by Gasteiger charge is 2.43. The lowest BCUT2D eigenvalue weighted by molar-refractivity contribution is -0.158. The van der Waals surface area contributed by atoms with Gasteiger partial charge < -0.3 is 19.2 Å². The van der Waals surface area contributed by atoms with Crippen molar-refractivity contribution in [2.45, 2.75) is 89.4 Å². The van der Waals surface area contributed by atoms with E-state index < -0.39 is 16.8 Å². The summed E-state index contributed by atoms with van der Waals surface area (Å²) in [5.41, 5.74) is -1.64. The molecule has 1 aliphatic heterocycles. The zero-order valence-corrected chi connectivity index (χ0v) is 19.3. The van der Waals surface area contributed by atoms with Crippen LogP contribution >= 0.6 is 0 Å². The van der Waals surface area contributed by atoms with Crippen LogP contribution in [0.15, 0.2) is 18.2 Å². The van der Waals surface area contributed by atoms with E-state index in [1.807, 2.05) is 13.0 Å². The van der Waals surface area contributed by atoms with Gasteiger partial charge in [0.15, 0.2) is 0 Å². The first-order chi connectivity index (χ1) is 13.8. The third kappa shape index (κ3) is 5.43. The van der Waals surface area contributed by atoms with E-state index in [1.54, 1.807) is 33.8 Å². The minimum Gasteiger partial charge on any atom is -0.469 e. The SMILES string of the molecule is CCC1(CC(=O)OC)CCC(C)(c2ccc([B]OC(C)(C)C(C)(C)O)c(F)c2)CO1. The summed E-state index contributed by atoms with van der Waals surface area (Å²) in [6.07, 6.45) is 2.43. The van der Waals surface area contributed by atoms with E-state index in [0.29, 0.717) is 18.5 Å². The smallest absolute Gasteiger partial charge is 0.333 e. The van der Waals surface area contributed by atoms with Gasteiger partial charge in [-0.15, -0.1) is 0 Å². The van der Waals surface area contributed by atoms with Gasteiger partial charge in [-0.3, -0.25) is 4.79 Å². The number of carbonyl (C=O) groups is 1. The van der Waals surface area contributed by atoms with Crippen molar-refractivity contribution in [1.29, 1.82) is 0 Å². The summed E-state index contributed by atoms with van der Waals surface area (Å²) in [5.74, 6) is -0.664. The van der Waals surface area contributed by atoms with Crippen LogP contribution in [0, 0.1) is 5.82 Å². The molecule has 0 amide bonds. The van der Waals surface area contributed by atoms with Gasteiger partial charge in [-0.2, -0.15) is 0 Å². The van der Waals surface area contributed by atoms with Crippen LogP contribution in [-0.2, 0) is 24.3 Å². The molecule has 7 heteroatoms. The highest BCUT2D eigenvalue weighted by atomic mass is 19.1. The second-order valence-corrected chi connectivity index (χ2v) is 9.68. The van der Waals surface area contributed by atoms with Crippen molar-refractivity contribution < 1.29 is 28.4 Å². The Bertz CT molecular complexity index is 748. The highest BCUT2D eigenvalue weighted by molar-refractivity contribution is 6.47. The Labute approximate surface area is 180 Å². The van der Waals surface area contributed by atoms with Crippen molar-refractivity contribution in [1.82, 2.24) is 0 Å². The Morgan fingerprint density at radius 1 is 1.30 bits per heavy atom. The molecule has 2 atom stereocenters. The molecule has 2 unspecified atom stereocenters. The number of carbonyl (C=O) groups excluding carboxylic acids is 1. The quantitative estimate of drug-likeness (QED) is 0.515. The van der Waals surface area contributed by atoms with Crippen molar-refractivity contribution >= 4 is 18.9 Å². The number of methoxy groups -OCH3 is 1. The molecule has 0 aliphatic carbocycles. The van der Waals surface area contributed by atoms with Crippen LogP contribution in [0.2, 0.25) is 0 Å². The molecule has 0 bridgehead atoms. The third-order valence-corrected chi connectivity index (χ3v) is 6.82. The number of hydrogen-bond donors (Lipinski definition) is 1. The van der Waals surface area contributed by atoms with Gasteiger partial charge in [0.2, 0.25) is 0 Å². The predicted octanol–water partition coefficient (Wildman–Crippen LogP) is 3.42. The lowest BCUT2D eigenvalue weighted by atomic mass is 9.72. The number of hydrogen-bond acceptors (Lipinski definition) is 5. The predicted molar refractivity (Wildman–Crippen MR) is 115 cm³/mol. The van der Waals surface area contributed by atoms with Gasteiger partial charge >= 0.3 is 13.5 Å². The topological polar surface area (TPSA) is 65.0 Å². The molecule has 1 N–H and O–H groups in total. The van der Waals surface area contributed by atoms with Crippen LogP contribution < -0.4 is 5.46 Å². The van der Waals surface area contributed by atoms with Gasteiger partial charge in [0.1, 0.15) is 5.82 Å². The second kappa shape index (κ2) is 8.97. The molecule has 5 nitrogen and oxygen atoms in total. The first-order valence-electron chi connectivity index (χ1n) is 10.5. The lowest BCUT2D eigenvalue weighted by Gasteiger charge is -2.44. The molecule has 1 radical (unpaired) electrons. The van der Waals surface area contributed by atoms with E-state index in [2.05, 4.69) is 6.92 Å². The Morgan fingerprint density at radius 3 is 2.43 bits per heavy atom. The maximum atomic E-state index is 14.8. The maximum absolute atomic E-state index is 14.8. The molecular formula is C23H35BFO5. The maximum Gasteiger partial charge on any atom is 0.333 e. The fraction of sp³-hybridized carbons (Fsp3) is 0.696. The van der Waals surface area contributed by atoms with Gasteiger partial charge in [0.05, 0.1) is 36.9 Å². The fourth-order valence-electron chi connectivity index (χ4n) is 3.42. The zero-order valence-electron chi connectivity index (χ0n) is 19.3. The average Bonchev–Trinajstić information content (AvgIpc) is 2.68. The summed E-state index contributed by atoms with van der Waals surface area (Å²) >= 11 is 0. The van der Waals surface area contributed by atoms with Gasteiger partial charge in [-0.25, -0.2) is 4.39 Å². The van der Waals surface area contributed by atoms with Crippen LogP contribution in [0.4, 0.5) is 4.39 Å². The molecular weight excluding hydrogens is 386 g/mol. The summed E-state index contributed by atoms with van der Waals surface area (Å²) in [5, 5.41) is 10.2. The van der Waals surface area contributed by atoms with Crippen molar-refractivity contribution in [3.8, 4) is 0 Å². The summed E-state index contributed by atoms with van der Waals surface area (Å²) in [6, 6.07) is 5.10. The van der Waals surface area contributed by atoms with E-state index in [1.165, 1.54) is 20.7 Å². The minimum absolute atomic E-state index is 0.229. The molecule has 1 aromatic rings. The number of ether oxygens (including phenoxy) is 2. The number of benzene rings is 1. The number of aliphatic hydroxyl groups is 1. The van der Waals surface area contributed by atoms with Crippen LogP contribution in [0.3, 0.4) is 0 Å². The molecule has 0 aromatic heterocycles. The highest BCUT2D eigenvalue weighted by Crippen LogP contribution is 2.41. The molecule has 30 heavy (non-hydrogen) atoms. The minimum atomic E-state index is -1.08. The zero-order chi connectivity index (χ0) is 22.8. The van der Waals surface area contributed by atoms with Crippen LogP contribution in [-0.4, -0.2) is 49.1 Å². The van der Waals surface area contributed by atoms with E-state index in [9.17, 15) is 14.3 Å². The van der Waals surface area contributed by atoms with Gasteiger partial charge in [0.25, 0.3) is 0 Å². The van der Waals surface area contributed by atoms with Gasteiger partial charge in [-0.05, 0) is 64.1 Å². The monoisotopic (exact) mass is 421 g/mol.